The molecule has 3 aromatic carbocycles. The zero-order chi connectivity index (χ0) is 27.1. The van der Waals surface area contributed by atoms with E-state index in [2.05, 4.69) is 39.4 Å². The predicted octanol–water partition coefficient (Wildman–Crippen LogP) is 3.69. The fourth-order valence-corrected chi connectivity index (χ4v) is 7.99. The Morgan fingerprint density at radius 1 is 0.897 bits per heavy atom. The minimum atomic E-state index is -3.58. The summed E-state index contributed by atoms with van der Waals surface area (Å²) >= 11 is 0. The largest absolute Gasteiger partial charge is 0.339 e. The van der Waals surface area contributed by atoms with Gasteiger partial charge in [0.1, 0.15) is 5.54 Å². The fraction of sp³-hybridized carbons (Fsp3) is 0.387. The molecule has 3 aliphatic rings. The highest BCUT2D eigenvalue weighted by Gasteiger charge is 2.57. The SMILES string of the molecule is CN(CC1(c2ccccc2)CC1CN1CCC2(CC1)C(=O)NCN2c1ccccc1)S(=O)(=O)c1ccccc1. The van der Waals surface area contributed by atoms with Crippen molar-refractivity contribution in [3.8, 4) is 0 Å². The first-order chi connectivity index (χ1) is 18.8. The van der Waals surface area contributed by atoms with Gasteiger partial charge in [-0.05, 0) is 55.0 Å². The van der Waals surface area contributed by atoms with Crippen LogP contribution in [0.25, 0.3) is 0 Å². The molecule has 204 valence electrons. The summed E-state index contributed by atoms with van der Waals surface area (Å²) in [6, 6.07) is 29.2. The fourth-order valence-electron chi connectivity index (χ4n) is 6.73. The number of piperidine rings is 1. The Bertz CT molecular complexity index is 1410. The molecular weight excluding hydrogens is 508 g/mol. The van der Waals surface area contributed by atoms with Crippen LogP contribution in [0.4, 0.5) is 5.69 Å². The van der Waals surface area contributed by atoms with Crippen molar-refractivity contribution in [2.45, 2.75) is 35.1 Å². The van der Waals surface area contributed by atoms with Crippen LogP contribution in [0.2, 0.25) is 0 Å². The molecule has 7 nitrogen and oxygen atoms in total. The number of sulfonamides is 1. The van der Waals surface area contributed by atoms with Gasteiger partial charge in [-0.25, -0.2) is 12.7 Å². The van der Waals surface area contributed by atoms with E-state index in [0.717, 1.165) is 44.6 Å². The van der Waals surface area contributed by atoms with Crippen LogP contribution >= 0.6 is 0 Å². The normalized spacial score (nSPS) is 24.7. The van der Waals surface area contributed by atoms with Gasteiger partial charge in [-0.2, -0.15) is 0 Å². The second kappa shape index (κ2) is 10.1. The molecule has 0 radical (unpaired) electrons. The first-order valence-corrected chi connectivity index (χ1v) is 15.2. The molecule has 3 aromatic rings. The number of para-hydroxylation sites is 1. The number of nitrogens with one attached hydrogen (secondary N) is 1. The average molecular weight is 545 g/mol. The van der Waals surface area contributed by atoms with Gasteiger partial charge >= 0.3 is 0 Å². The number of carbonyl (C=O) groups excluding carboxylic acids is 1. The van der Waals surface area contributed by atoms with Crippen molar-refractivity contribution < 1.29 is 13.2 Å². The maximum Gasteiger partial charge on any atom is 0.247 e. The molecular formula is C31H36N4O3S. The van der Waals surface area contributed by atoms with Gasteiger partial charge in [0, 0.05) is 44.3 Å². The molecule has 8 heteroatoms. The molecule has 1 spiro atoms. The third kappa shape index (κ3) is 4.64. The Balaban J connectivity index is 1.17. The maximum absolute atomic E-state index is 13.4. The standard InChI is InChI=1S/C31H36N4O3S/c1-33(39(37,38)28-15-9-4-10-16-28)23-30(25-11-5-2-6-12-25)21-26(30)22-34-19-17-31(18-20-34)29(36)32-24-35(31)27-13-7-3-8-14-27/h2-16,26H,17-24H2,1H3,(H,32,36). The molecule has 39 heavy (non-hydrogen) atoms. The summed E-state index contributed by atoms with van der Waals surface area (Å²) in [5, 5.41) is 3.09. The minimum Gasteiger partial charge on any atom is -0.339 e. The summed E-state index contributed by atoms with van der Waals surface area (Å²) in [6.45, 7) is 3.58. The van der Waals surface area contributed by atoms with Crippen LogP contribution in [0.3, 0.4) is 0 Å². The van der Waals surface area contributed by atoms with E-state index in [9.17, 15) is 13.2 Å². The van der Waals surface area contributed by atoms with Gasteiger partial charge in [0.25, 0.3) is 0 Å². The van der Waals surface area contributed by atoms with Crippen LogP contribution in [0, 0.1) is 5.92 Å². The zero-order valence-corrected chi connectivity index (χ0v) is 23.2. The number of likely N-dealkylation sites (tertiary alicyclic amines) is 1. The van der Waals surface area contributed by atoms with E-state index >= 15 is 0 Å². The number of benzene rings is 3. The average Bonchev–Trinajstić information content (AvgIpc) is 3.57. The predicted molar refractivity (Wildman–Crippen MR) is 153 cm³/mol. The Morgan fingerprint density at radius 2 is 1.49 bits per heavy atom. The lowest BCUT2D eigenvalue weighted by molar-refractivity contribution is -0.125. The number of hydrogen-bond acceptors (Lipinski definition) is 5. The van der Waals surface area contributed by atoms with Gasteiger partial charge in [0.2, 0.25) is 15.9 Å². The molecule has 0 bridgehead atoms. The number of amides is 1. The quantitative estimate of drug-likeness (QED) is 0.468. The summed E-state index contributed by atoms with van der Waals surface area (Å²) in [5.74, 6) is 0.480. The maximum atomic E-state index is 13.4. The molecule has 6 rings (SSSR count). The van der Waals surface area contributed by atoms with Crippen molar-refractivity contribution >= 4 is 21.6 Å². The number of nitrogens with zero attached hydrogens (tertiary/aromatic N) is 3. The van der Waals surface area contributed by atoms with Crippen LogP contribution in [0.1, 0.15) is 24.8 Å². The van der Waals surface area contributed by atoms with Crippen molar-refractivity contribution in [2.75, 3.05) is 44.8 Å². The van der Waals surface area contributed by atoms with E-state index in [1.165, 1.54) is 9.87 Å². The third-order valence-corrected chi connectivity index (χ3v) is 10.9. The molecule has 1 aliphatic carbocycles. The summed E-state index contributed by atoms with van der Waals surface area (Å²) in [4.78, 5) is 18.1. The van der Waals surface area contributed by atoms with Gasteiger partial charge in [-0.15, -0.1) is 0 Å². The second-order valence-electron chi connectivity index (χ2n) is 11.3. The first kappa shape index (κ1) is 26.0. The zero-order valence-electron chi connectivity index (χ0n) is 22.4. The Kier molecular flexibility index (Phi) is 6.73. The minimum absolute atomic E-state index is 0.129. The highest BCUT2D eigenvalue weighted by atomic mass is 32.2. The number of rotatable bonds is 8. The van der Waals surface area contributed by atoms with Gasteiger partial charge in [0.05, 0.1) is 11.6 Å². The number of carbonyl (C=O) groups is 1. The molecule has 2 saturated heterocycles. The molecule has 2 atom stereocenters. The highest BCUT2D eigenvalue weighted by Crippen LogP contribution is 2.55. The number of anilines is 1. The molecule has 2 heterocycles. The molecule has 1 amide bonds. The van der Waals surface area contributed by atoms with E-state index in [4.69, 9.17) is 0 Å². The summed E-state index contributed by atoms with van der Waals surface area (Å²) in [6.07, 6.45) is 2.51. The van der Waals surface area contributed by atoms with E-state index in [0.29, 0.717) is 24.0 Å². The molecule has 1 N–H and O–H groups in total. The molecule has 2 unspecified atom stereocenters. The van der Waals surface area contributed by atoms with E-state index in [1.807, 2.05) is 42.5 Å². The summed E-state index contributed by atoms with van der Waals surface area (Å²) in [5.41, 5.74) is 1.57. The smallest absolute Gasteiger partial charge is 0.247 e. The van der Waals surface area contributed by atoms with Crippen LogP contribution in [0.15, 0.2) is 95.9 Å². The molecule has 3 fully saturated rings. The van der Waals surface area contributed by atoms with Gasteiger partial charge in [0.15, 0.2) is 0 Å². The van der Waals surface area contributed by atoms with Crippen LogP contribution in [-0.2, 0) is 20.2 Å². The van der Waals surface area contributed by atoms with Gasteiger partial charge in [-0.3, -0.25) is 4.79 Å². The van der Waals surface area contributed by atoms with E-state index < -0.39 is 15.6 Å². The lowest BCUT2D eigenvalue weighted by Crippen LogP contribution is -2.56. The topological polar surface area (TPSA) is 73.0 Å². The first-order valence-electron chi connectivity index (χ1n) is 13.8. The van der Waals surface area contributed by atoms with Crippen molar-refractivity contribution in [1.29, 1.82) is 0 Å². The third-order valence-electron chi connectivity index (χ3n) is 9.10. The Labute approximate surface area is 231 Å². The monoisotopic (exact) mass is 544 g/mol. The van der Waals surface area contributed by atoms with Crippen LogP contribution in [-0.4, -0.2) is 69.0 Å². The van der Waals surface area contributed by atoms with Gasteiger partial charge in [-0.1, -0.05) is 66.7 Å². The Morgan fingerprint density at radius 3 is 2.13 bits per heavy atom. The highest BCUT2D eigenvalue weighted by molar-refractivity contribution is 7.89. The van der Waals surface area contributed by atoms with Crippen LogP contribution < -0.4 is 10.2 Å². The lowest BCUT2D eigenvalue weighted by Gasteiger charge is -2.43. The van der Waals surface area contributed by atoms with E-state index in [1.54, 1.807) is 31.3 Å². The molecule has 0 aromatic heterocycles. The van der Waals surface area contributed by atoms with Crippen molar-refractivity contribution in [3.05, 3.63) is 96.6 Å². The van der Waals surface area contributed by atoms with Crippen molar-refractivity contribution in [3.63, 3.8) is 0 Å². The number of likely N-dealkylation sites (N-methyl/N-ethyl adjacent to an activating group) is 1. The van der Waals surface area contributed by atoms with Crippen LogP contribution in [0.5, 0.6) is 0 Å². The van der Waals surface area contributed by atoms with Gasteiger partial charge < -0.3 is 15.1 Å². The summed E-state index contributed by atoms with van der Waals surface area (Å²) in [7, 11) is -1.88. The molecule has 1 saturated carbocycles. The Hall–Kier alpha value is -3.20. The van der Waals surface area contributed by atoms with Crippen molar-refractivity contribution in [2.24, 2.45) is 5.92 Å². The molecule has 2 aliphatic heterocycles. The lowest BCUT2D eigenvalue weighted by atomic mass is 9.85. The number of hydrogen-bond donors (Lipinski definition) is 1. The summed E-state index contributed by atoms with van der Waals surface area (Å²) < 4.78 is 28.3. The van der Waals surface area contributed by atoms with Crippen molar-refractivity contribution in [1.82, 2.24) is 14.5 Å². The van der Waals surface area contributed by atoms with E-state index in [-0.39, 0.29) is 11.3 Å². The second-order valence-corrected chi connectivity index (χ2v) is 13.3.